The minimum atomic E-state index is -1.17. The molecule has 0 radical (unpaired) electrons. The molecule has 32 heavy (non-hydrogen) atoms. The molecule has 2 amide bonds. The van der Waals surface area contributed by atoms with Crippen molar-refractivity contribution < 1.29 is 24.2 Å². The zero-order chi connectivity index (χ0) is 22.9. The van der Waals surface area contributed by atoms with Crippen LogP contribution in [0.1, 0.15) is 10.4 Å². The van der Waals surface area contributed by atoms with E-state index in [0.29, 0.717) is 17.1 Å². The highest BCUT2D eigenvalue weighted by atomic mass is 35.5. The van der Waals surface area contributed by atoms with Gasteiger partial charge in [0.05, 0.1) is 16.3 Å². The van der Waals surface area contributed by atoms with Crippen LogP contribution in [0.5, 0.6) is 5.75 Å². The third kappa shape index (κ3) is 7.04. The number of carbonyl (C=O) groups excluding carboxylic acids is 2. The first-order valence-corrected chi connectivity index (χ1v) is 10.8. The van der Waals surface area contributed by atoms with Gasteiger partial charge in [0.1, 0.15) is 5.75 Å². The summed E-state index contributed by atoms with van der Waals surface area (Å²) >= 11 is 7.13. The first-order valence-electron chi connectivity index (χ1n) is 9.44. The molecule has 3 rings (SSSR count). The van der Waals surface area contributed by atoms with Crippen LogP contribution in [-0.4, -0.2) is 35.2 Å². The van der Waals surface area contributed by atoms with Crippen molar-refractivity contribution in [1.29, 1.82) is 0 Å². The van der Waals surface area contributed by atoms with E-state index in [1.807, 2.05) is 18.2 Å². The first kappa shape index (κ1) is 23.2. The Bertz CT molecular complexity index is 1110. The number of benzene rings is 3. The summed E-state index contributed by atoms with van der Waals surface area (Å²) in [5.74, 6) is -0.993. The number of halogens is 1. The highest BCUT2D eigenvalue weighted by Crippen LogP contribution is 2.23. The highest BCUT2D eigenvalue weighted by molar-refractivity contribution is 8.00. The van der Waals surface area contributed by atoms with Crippen molar-refractivity contribution in [2.24, 2.45) is 0 Å². The van der Waals surface area contributed by atoms with E-state index in [9.17, 15) is 14.4 Å². The van der Waals surface area contributed by atoms with Gasteiger partial charge in [-0.2, -0.15) is 0 Å². The average molecular weight is 471 g/mol. The summed E-state index contributed by atoms with van der Waals surface area (Å²) < 4.78 is 5.40. The van der Waals surface area contributed by atoms with Gasteiger partial charge < -0.3 is 20.5 Å². The number of ether oxygens (including phenoxy) is 1. The smallest absolute Gasteiger partial charge is 0.337 e. The Hall–Kier alpha value is -3.49. The van der Waals surface area contributed by atoms with Gasteiger partial charge in [0.15, 0.2) is 6.61 Å². The van der Waals surface area contributed by atoms with Crippen molar-refractivity contribution in [3.05, 3.63) is 83.4 Å². The number of nitrogens with one attached hydrogen (secondary N) is 2. The monoisotopic (exact) mass is 470 g/mol. The molecule has 0 aliphatic carbocycles. The lowest BCUT2D eigenvalue weighted by Gasteiger charge is -2.09. The fourth-order valence-electron chi connectivity index (χ4n) is 2.61. The summed E-state index contributed by atoms with van der Waals surface area (Å²) in [6.07, 6.45) is 0. The minimum Gasteiger partial charge on any atom is -0.484 e. The summed E-state index contributed by atoms with van der Waals surface area (Å²) in [6, 6.07) is 20.4. The predicted octanol–water partition coefficient (Wildman–Crippen LogP) is 4.79. The number of para-hydroxylation sites is 1. The molecular formula is C23H19ClN2O5S. The van der Waals surface area contributed by atoms with E-state index in [4.69, 9.17) is 21.4 Å². The number of carboxylic acids is 1. The Kier molecular flexibility index (Phi) is 8.13. The van der Waals surface area contributed by atoms with E-state index < -0.39 is 5.97 Å². The predicted molar refractivity (Wildman–Crippen MR) is 125 cm³/mol. The summed E-state index contributed by atoms with van der Waals surface area (Å²) in [4.78, 5) is 36.1. The molecule has 0 aromatic heterocycles. The van der Waals surface area contributed by atoms with Crippen LogP contribution in [0.4, 0.5) is 11.4 Å². The SMILES string of the molecule is O=C(COc1ccccc1)Nc1ccc(SCC(=O)Nc2ccc(Cl)c(C(=O)O)c2)cc1. The van der Waals surface area contributed by atoms with Crippen molar-refractivity contribution >= 4 is 52.5 Å². The lowest BCUT2D eigenvalue weighted by atomic mass is 10.2. The number of thioether (sulfide) groups is 1. The van der Waals surface area contributed by atoms with Gasteiger partial charge in [0.25, 0.3) is 5.91 Å². The fraction of sp³-hybridized carbons (Fsp3) is 0.0870. The quantitative estimate of drug-likeness (QED) is 0.388. The number of carbonyl (C=O) groups is 3. The molecule has 0 spiro atoms. The van der Waals surface area contributed by atoms with Crippen LogP contribution in [0.2, 0.25) is 5.02 Å². The fourth-order valence-corrected chi connectivity index (χ4v) is 3.51. The zero-order valence-corrected chi connectivity index (χ0v) is 18.3. The van der Waals surface area contributed by atoms with Crippen LogP contribution in [0.3, 0.4) is 0 Å². The third-order valence-electron chi connectivity index (χ3n) is 4.10. The molecule has 0 saturated heterocycles. The summed E-state index contributed by atoms with van der Waals surface area (Å²) in [5, 5.41) is 14.6. The normalized spacial score (nSPS) is 10.3. The average Bonchev–Trinajstić information content (AvgIpc) is 2.79. The maximum atomic E-state index is 12.2. The molecule has 0 bridgehead atoms. The van der Waals surface area contributed by atoms with Gasteiger partial charge in [0.2, 0.25) is 5.91 Å². The maximum Gasteiger partial charge on any atom is 0.337 e. The van der Waals surface area contributed by atoms with Crippen molar-refractivity contribution in [2.75, 3.05) is 23.0 Å². The van der Waals surface area contributed by atoms with Crippen LogP contribution < -0.4 is 15.4 Å². The Morgan fingerprint density at radius 3 is 2.22 bits per heavy atom. The van der Waals surface area contributed by atoms with Crippen LogP contribution >= 0.6 is 23.4 Å². The molecule has 0 fully saturated rings. The van der Waals surface area contributed by atoms with Crippen LogP contribution in [0, 0.1) is 0 Å². The molecule has 3 aromatic carbocycles. The third-order valence-corrected chi connectivity index (χ3v) is 5.44. The van der Waals surface area contributed by atoms with Crippen LogP contribution in [0.15, 0.2) is 77.7 Å². The van der Waals surface area contributed by atoms with E-state index >= 15 is 0 Å². The van der Waals surface area contributed by atoms with Gasteiger partial charge in [-0.15, -0.1) is 11.8 Å². The molecular weight excluding hydrogens is 452 g/mol. The van der Waals surface area contributed by atoms with E-state index in [1.165, 1.54) is 30.0 Å². The second-order valence-electron chi connectivity index (χ2n) is 6.51. The zero-order valence-electron chi connectivity index (χ0n) is 16.7. The molecule has 164 valence electrons. The number of hydrogen-bond acceptors (Lipinski definition) is 5. The molecule has 9 heteroatoms. The number of carboxylic acid groups (broad SMARTS) is 1. The van der Waals surface area contributed by atoms with Crippen molar-refractivity contribution in [3.63, 3.8) is 0 Å². The van der Waals surface area contributed by atoms with Crippen molar-refractivity contribution in [3.8, 4) is 5.75 Å². The van der Waals surface area contributed by atoms with Gasteiger partial charge in [0, 0.05) is 16.3 Å². The number of amides is 2. The maximum absolute atomic E-state index is 12.2. The summed E-state index contributed by atoms with van der Waals surface area (Å²) in [5.41, 5.74) is 0.889. The number of hydrogen-bond donors (Lipinski definition) is 3. The second kappa shape index (κ2) is 11.2. The van der Waals surface area contributed by atoms with E-state index in [2.05, 4.69) is 10.6 Å². The van der Waals surface area contributed by atoms with Gasteiger partial charge in [-0.3, -0.25) is 9.59 Å². The topological polar surface area (TPSA) is 105 Å². The first-order chi connectivity index (χ1) is 15.4. The van der Waals surface area contributed by atoms with Gasteiger partial charge in [-0.25, -0.2) is 4.79 Å². The molecule has 3 N–H and O–H groups in total. The lowest BCUT2D eigenvalue weighted by Crippen LogP contribution is -2.20. The lowest BCUT2D eigenvalue weighted by molar-refractivity contribution is -0.118. The molecule has 0 unspecified atom stereocenters. The standard InChI is InChI=1S/C23H19ClN2O5S/c24-20-11-8-16(12-19(20)23(29)30)26-22(28)14-32-18-9-6-15(7-10-18)25-21(27)13-31-17-4-2-1-3-5-17/h1-12H,13-14H2,(H,25,27)(H,26,28)(H,29,30). The molecule has 0 aliphatic heterocycles. The van der Waals surface area contributed by atoms with E-state index in [1.54, 1.807) is 36.4 Å². The highest BCUT2D eigenvalue weighted by Gasteiger charge is 2.11. The van der Waals surface area contributed by atoms with Gasteiger partial charge >= 0.3 is 5.97 Å². The molecule has 7 nitrogen and oxygen atoms in total. The number of anilines is 2. The number of rotatable bonds is 9. The Morgan fingerprint density at radius 1 is 0.875 bits per heavy atom. The van der Waals surface area contributed by atoms with Crippen LogP contribution in [0.25, 0.3) is 0 Å². The molecule has 0 atom stereocenters. The Labute approximate surface area is 193 Å². The summed E-state index contributed by atoms with van der Waals surface area (Å²) in [7, 11) is 0. The van der Waals surface area contributed by atoms with Gasteiger partial charge in [-0.05, 0) is 54.6 Å². The van der Waals surface area contributed by atoms with E-state index in [-0.39, 0.29) is 34.8 Å². The van der Waals surface area contributed by atoms with Gasteiger partial charge in [-0.1, -0.05) is 29.8 Å². The molecule has 3 aromatic rings. The number of aromatic carboxylic acids is 1. The van der Waals surface area contributed by atoms with E-state index in [0.717, 1.165) is 4.90 Å². The van der Waals surface area contributed by atoms with Crippen LogP contribution in [-0.2, 0) is 9.59 Å². The Balaban J connectivity index is 1.45. The molecule has 0 heterocycles. The molecule has 0 aliphatic rings. The van der Waals surface area contributed by atoms with Crippen molar-refractivity contribution in [1.82, 2.24) is 0 Å². The largest absolute Gasteiger partial charge is 0.484 e. The minimum absolute atomic E-state index is 0.0797. The Morgan fingerprint density at radius 2 is 1.53 bits per heavy atom. The molecule has 0 saturated carbocycles. The summed E-state index contributed by atoms with van der Waals surface area (Å²) in [6.45, 7) is -0.102. The van der Waals surface area contributed by atoms with Crippen molar-refractivity contribution in [2.45, 2.75) is 4.90 Å². The second-order valence-corrected chi connectivity index (χ2v) is 7.97.